The number of nitrogens with one attached hydrogen (secondary N) is 1. The van der Waals surface area contributed by atoms with Gasteiger partial charge in [-0.25, -0.2) is 17.7 Å². The van der Waals surface area contributed by atoms with Gasteiger partial charge in [0.15, 0.2) is 0 Å². The van der Waals surface area contributed by atoms with Crippen molar-refractivity contribution in [2.24, 2.45) is 5.92 Å². The van der Waals surface area contributed by atoms with Gasteiger partial charge in [-0.05, 0) is 31.4 Å². The number of pyridine rings is 1. The maximum Gasteiger partial charge on any atom is 0.306 e. The third-order valence-corrected chi connectivity index (χ3v) is 5.45. The third kappa shape index (κ3) is 3.51. The van der Waals surface area contributed by atoms with Gasteiger partial charge in [0.1, 0.15) is 10.7 Å². The number of carboxylic acid groups (broad SMARTS) is 1. The zero-order valence-corrected chi connectivity index (χ0v) is 12.8. The lowest BCUT2D eigenvalue weighted by molar-refractivity contribution is -0.141. The molecule has 0 bridgehead atoms. The lowest BCUT2D eigenvalue weighted by Gasteiger charge is -2.14. The van der Waals surface area contributed by atoms with Crippen LogP contribution in [0.15, 0.2) is 23.2 Å². The van der Waals surface area contributed by atoms with Gasteiger partial charge in [-0.3, -0.25) is 4.79 Å². The van der Waals surface area contributed by atoms with Crippen molar-refractivity contribution in [2.75, 3.05) is 19.4 Å². The first-order valence-electron chi connectivity index (χ1n) is 6.68. The number of hydrogen-bond donors (Lipinski definition) is 2. The minimum atomic E-state index is -3.48. The van der Waals surface area contributed by atoms with E-state index in [2.05, 4.69) is 10.3 Å². The lowest BCUT2D eigenvalue weighted by atomic mass is 10.1. The van der Waals surface area contributed by atoms with E-state index in [1.54, 1.807) is 6.07 Å². The molecule has 21 heavy (non-hydrogen) atoms. The summed E-state index contributed by atoms with van der Waals surface area (Å²) >= 11 is 0. The summed E-state index contributed by atoms with van der Waals surface area (Å²) < 4.78 is 24.9. The molecule has 1 aliphatic carbocycles. The quantitative estimate of drug-likeness (QED) is 0.841. The Morgan fingerprint density at radius 2 is 2.10 bits per heavy atom. The topological polar surface area (TPSA) is 99.6 Å². The predicted octanol–water partition coefficient (Wildman–Crippen LogP) is 0.997. The van der Waals surface area contributed by atoms with Gasteiger partial charge in [0.25, 0.3) is 0 Å². The summed E-state index contributed by atoms with van der Waals surface area (Å²) in [6.07, 6.45) is 3.30. The molecule has 8 heteroatoms. The molecule has 7 nitrogen and oxygen atoms in total. The highest BCUT2D eigenvalue weighted by atomic mass is 32.2. The van der Waals surface area contributed by atoms with Crippen molar-refractivity contribution in [1.29, 1.82) is 0 Å². The van der Waals surface area contributed by atoms with Crippen LogP contribution in [-0.2, 0) is 14.8 Å². The van der Waals surface area contributed by atoms with Crippen LogP contribution < -0.4 is 5.32 Å². The van der Waals surface area contributed by atoms with Gasteiger partial charge in [0.2, 0.25) is 10.0 Å². The average Bonchev–Trinajstić information content (AvgIpc) is 2.88. The smallest absolute Gasteiger partial charge is 0.306 e. The average molecular weight is 313 g/mol. The number of nitrogens with zero attached hydrogens (tertiary/aromatic N) is 2. The Morgan fingerprint density at radius 1 is 1.38 bits per heavy atom. The molecule has 1 aromatic rings. The fourth-order valence-corrected chi connectivity index (χ4v) is 3.22. The SMILES string of the molecule is CN(C)S(=O)(=O)c1ccc(NC2CCC(C(=O)O)C2)nc1. The van der Waals surface area contributed by atoms with E-state index >= 15 is 0 Å². The minimum Gasteiger partial charge on any atom is -0.481 e. The molecule has 1 aliphatic rings. The third-order valence-electron chi connectivity index (χ3n) is 3.65. The summed E-state index contributed by atoms with van der Waals surface area (Å²) in [6.45, 7) is 0. The Hall–Kier alpha value is -1.67. The van der Waals surface area contributed by atoms with E-state index in [9.17, 15) is 13.2 Å². The lowest BCUT2D eigenvalue weighted by Crippen LogP contribution is -2.22. The molecular weight excluding hydrogens is 294 g/mol. The first-order chi connectivity index (χ1) is 9.80. The van der Waals surface area contributed by atoms with Crippen molar-refractivity contribution in [1.82, 2.24) is 9.29 Å². The monoisotopic (exact) mass is 313 g/mol. The Kier molecular flexibility index (Phi) is 4.48. The normalized spacial score (nSPS) is 22.4. The molecule has 0 aromatic carbocycles. The van der Waals surface area contributed by atoms with E-state index in [-0.39, 0.29) is 16.9 Å². The van der Waals surface area contributed by atoms with Gasteiger partial charge in [-0.1, -0.05) is 0 Å². The second-order valence-corrected chi connectivity index (χ2v) is 7.51. The number of hydrogen-bond acceptors (Lipinski definition) is 5. The first kappa shape index (κ1) is 15.7. The number of rotatable bonds is 5. The van der Waals surface area contributed by atoms with Crippen molar-refractivity contribution >= 4 is 21.8 Å². The summed E-state index contributed by atoms with van der Waals surface area (Å²) in [4.78, 5) is 15.1. The van der Waals surface area contributed by atoms with Gasteiger partial charge in [0, 0.05) is 26.3 Å². The van der Waals surface area contributed by atoms with Crippen molar-refractivity contribution in [2.45, 2.75) is 30.2 Å². The second-order valence-electron chi connectivity index (χ2n) is 5.36. The molecule has 0 aliphatic heterocycles. The largest absolute Gasteiger partial charge is 0.481 e. The van der Waals surface area contributed by atoms with Crippen LogP contribution in [0.1, 0.15) is 19.3 Å². The van der Waals surface area contributed by atoms with E-state index in [4.69, 9.17) is 5.11 Å². The molecule has 2 unspecified atom stereocenters. The zero-order valence-electron chi connectivity index (χ0n) is 12.0. The molecule has 2 rings (SSSR count). The van der Waals surface area contributed by atoms with Gasteiger partial charge >= 0.3 is 5.97 Å². The molecule has 1 saturated carbocycles. The fraction of sp³-hybridized carbons (Fsp3) is 0.538. The molecule has 0 radical (unpaired) electrons. The molecule has 116 valence electrons. The number of anilines is 1. The predicted molar refractivity (Wildman–Crippen MR) is 77.5 cm³/mol. The Balaban J connectivity index is 2.03. The van der Waals surface area contributed by atoms with Gasteiger partial charge < -0.3 is 10.4 Å². The summed E-state index contributed by atoms with van der Waals surface area (Å²) in [5.41, 5.74) is 0. The standard InChI is InChI=1S/C13H19N3O4S/c1-16(2)21(19,20)11-5-6-12(14-8-11)15-10-4-3-9(7-10)13(17)18/h5-6,8-10H,3-4,7H2,1-2H3,(H,14,15)(H,17,18). The highest BCUT2D eigenvalue weighted by molar-refractivity contribution is 7.89. The fourth-order valence-electron chi connectivity index (χ4n) is 2.38. The van der Waals surface area contributed by atoms with Gasteiger partial charge in [0.05, 0.1) is 5.92 Å². The Bertz CT molecular complexity index is 613. The van der Waals surface area contributed by atoms with Crippen LogP contribution >= 0.6 is 0 Å². The number of sulfonamides is 1. The van der Waals surface area contributed by atoms with Gasteiger partial charge in [-0.15, -0.1) is 0 Å². The zero-order chi connectivity index (χ0) is 15.6. The van der Waals surface area contributed by atoms with Crippen LogP contribution in [0.5, 0.6) is 0 Å². The van der Waals surface area contributed by atoms with Crippen molar-refractivity contribution in [3.8, 4) is 0 Å². The minimum absolute atomic E-state index is 0.0647. The Morgan fingerprint density at radius 3 is 2.57 bits per heavy atom. The van der Waals surface area contributed by atoms with E-state index in [1.165, 1.54) is 26.4 Å². The molecule has 0 spiro atoms. The maximum absolute atomic E-state index is 11.9. The van der Waals surface area contributed by atoms with E-state index < -0.39 is 16.0 Å². The molecule has 2 N–H and O–H groups in total. The van der Waals surface area contributed by atoms with Crippen molar-refractivity contribution < 1.29 is 18.3 Å². The highest BCUT2D eigenvalue weighted by Crippen LogP contribution is 2.28. The maximum atomic E-state index is 11.9. The highest BCUT2D eigenvalue weighted by Gasteiger charge is 2.29. The van der Waals surface area contributed by atoms with E-state index in [1.807, 2.05) is 0 Å². The summed E-state index contributed by atoms with van der Waals surface area (Å²) in [6, 6.07) is 3.16. The van der Waals surface area contributed by atoms with E-state index in [0.717, 1.165) is 10.7 Å². The number of aromatic nitrogens is 1. The van der Waals surface area contributed by atoms with Gasteiger partial charge in [-0.2, -0.15) is 0 Å². The second kappa shape index (κ2) is 5.98. The van der Waals surface area contributed by atoms with Crippen molar-refractivity contribution in [3.63, 3.8) is 0 Å². The van der Waals surface area contributed by atoms with Crippen LogP contribution in [0.25, 0.3) is 0 Å². The van der Waals surface area contributed by atoms with Crippen LogP contribution in [0, 0.1) is 5.92 Å². The molecular formula is C13H19N3O4S. The summed E-state index contributed by atoms with van der Waals surface area (Å²) in [5.74, 6) is -0.515. The summed E-state index contributed by atoms with van der Waals surface area (Å²) in [7, 11) is -0.547. The Labute approximate surface area is 124 Å². The molecule has 2 atom stereocenters. The number of carboxylic acids is 1. The van der Waals surface area contributed by atoms with Crippen LogP contribution in [0.3, 0.4) is 0 Å². The van der Waals surface area contributed by atoms with Crippen LogP contribution in [0.2, 0.25) is 0 Å². The van der Waals surface area contributed by atoms with Crippen LogP contribution in [0.4, 0.5) is 5.82 Å². The van der Waals surface area contributed by atoms with Crippen LogP contribution in [-0.4, -0.2) is 48.9 Å². The number of aliphatic carboxylic acids is 1. The van der Waals surface area contributed by atoms with Crippen molar-refractivity contribution in [3.05, 3.63) is 18.3 Å². The molecule has 0 saturated heterocycles. The molecule has 1 fully saturated rings. The molecule has 1 heterocycles. The number of carbonyl (C=O) groups is 1. The van der Waals surface area contributed by atoms with E-state index in [0.29, 0.717) is 18.7 Å². The summed E-state index contributed by atoms with van der Waals surface area (Å²) in [5, 5.41) is 12.1. The molecule has 0 amide bonds. The first-order valence-corrected chi connectivity index (χ1v) is 8.12. The molecule has 1 aromatic heterocycles.